The second kappa shape index (κ2) is 25.3. The van der Waals surface area contributed by atoms with Gasteiger partial charge in [0.1, 0.15) is 42.1 Å². The van der Waals surface area contributed by atoms with Gasteiger partial charge in [-0.3, -0.25) is 28.9 Å². The monoisotopic (exact) mass is 1100 g/mol. The normalized spacial score (nSPS) is 22.1. The third-order valence-electron chi connectivity index (χ3n) is 14.9. The zero-order valence-corrected chi connectivity index (χ0v) is 47.4. The van der Waals surface area contributed by atoms with Crippen molar-refractivity contribution in [2.24, 2.45) is 22.7 Å². The van der Waals surface area contributed by atoms with Crippen molar-refractivity contribution >= 4 is 53.2 Å². The number of ether oxygens (including phenoxy) is 3. The van der Waals surface area contributed by atoms with Crippen LogP contribution in [0.25, 0.3) is 11.1 Å². The highest BCUT2D eigenvalue weighted by molar-refractivity contribution is 6.32. The molecular weight excluding hydrogens is 1030 g/mol. The molecule has 2 heterocycles. The van der Waals surface area contributed by atoms with Crippen LogP contribution in [0.3, 0.4) is 0 Å². The van der Waals surface area contributed by atoms with Crippen LogP contribution >= 0.6 is 11.6 Å². The molecule has 3 aliphatic rings. The number of fused-ring (bicyclic) bond motifs is 3. The van der Waals surface area contributed by atoms with E-state index in [1.807, 2.05) is 100 Å². The number of methoxy groups -OCH3 is 1. The number of halogens is 1. The van der Waals surface area contributed by atoms with Crippen LogP contribution in [0.1, 0.15) is 115 Å². The van der Waals surface area contributed by atoms with Gasteiger partial charge in [-0.1, -0.05) is 138 Å². The molecule has 1 aliphatic carbocycles. The van der Waals surface area contributed by atoms with E-state index in [2.05, 4.69) is 26.6 Å². The quantitative estimate of drug-likeness (QED) is 0.0464. The number of rotatable bonds is 16. The topological polar surface area (TPSA) is 234 Å². The molecule has 0 bridgehead atoms. The number of cyclic esters (lactones) is 1. The highest BCUT2D eigenvalue weighted by Gasteiger charge is 2.48. The first-order valence-electron chi connectivity index (χ1n) is 26.9. The van der Waals surface area contributed by atoms with Crippen molar-refractivity contribution in [3.8, 4) is 16.9 Å². The van der Waals surface area contributed by atoms with Gasteiger partial charge in [0.15, 0.2) is 0 Å². The molecule has 18 heteroatoms. The number of hydrogen-bond acceptors (Lipinski definition) is 10. The van der Waals surface area contributed by atoms with Gasteiger partial charge < -0.3 is 45.9 Å². The Kier molecular flexibility index (Phi) is 19.0. The summed E-state index contributed by atoms with van der Waals surface area (Å²) >= 11 is 6.40. The van der Waals surface area contributed by atoms with Gasteiger partial charge >= 0.3 is 12.1 Å². The molecule has 422 valence electrons. The van der Waals surface area contributed by atoms with Crippen LogP contribution < -0.4 is 31.3 Å². The summed E-state index contributed by atoms with van der Waals surface area (Å²) in [6.07, 6.45) is 0.561. The molecule has 4 aromatic rings. The van der Waals surface area contributed by atoms with E-state index in [0.29, 0.717) is 16.3 Å². The molecule has 0 unspecified atom stereocenters. The second-order valence-corrected chi connectivity index (χ2v) is 23.6. The number of amides is 6. The smallest absolute Gasteiger partial charge is 0.408 e. The van der Waals surface area contributed by atoms with Crippen molar-refractivity contribution in [2.75, 3.05) is 20.2 Å². The molecule has 17 nitrogen and oxygen atoms in total. The summed E-state index contributed by atoms with van der Waals surface area (Å²) in [5.41, 5.74) is 4.77. The summed E-state index contributed by atoms with van der Waals surface area (Å²) in [5, 5.41) is 25.1. The first kappa shape index (κ1) is 59.4. The molecular formula is C61H75ClN6O11. The average Bonchev–Trinajstić information content (AvgIpc) is 4.17. The van der Waals surface area contributed by atoms with E-state index < -0.39 is 101 Å². The lowest BCUT2D eigenvalue weighted by atomic mass is 9.86. The number of esters is 1. The molecule has 6 amide bonds. The van der Waals surface area contributed by atoms with Crippen molar-refractivity contribution < 1.29 is 52.9 Å². The summed E-state index contributed by atoms with van der Waals surface area (Å²) in [6, 6.07) is 24.2. The highest BCUT2D eigenvalue weighted by atomic mass is 35.5. The van der Waals surface area contributed by atoms with E-state index in [0.717, 1.165) is 33.4 Å². The minimum atomic E-state index is -1.23. The molecule has 0 radical (unpaired) electrons. The summed E-state index contributed by atoms with van der Waals surface area (Å²) in [5.74, 6) is -3.83. The van der Waals surface area contributed by atoms with Crippen LogP contribution in [0.15, 0.2) is 103 Å². The fraction of sp³-hybridized carbons (Fsp3) is 0.459. The maximum Gasteiger partial charge on any atom is 0.408 e. The third kappa shape index (κ3) is 14.9. The minimum Gasteiger partial charge on any atom is -0.495 e. The van der Waals surface area contributed by atoms with E-state index in [1.54, 1.807) is 58.9 Å². The zero-order chi connectivity index (χ0) is 57.5. The second-order valence-electron chi connectivity index (χ2n) is 23.2. The highest BCUT2D eigenvalue weighted by Crippen LogP contribution is 2.46. The Bertz CT molecular complexity index is 2890. The Hall–Kier alpha value is -7.24. The first-order chi connectivity index (χ1) is 37.3. The van der Waals surface area contributed by atoms with Gasteiger partial charge in [-0.25, -0.2) is 9.59 Å². The van der Waals surface area contributed by atoms with Crippen LogP contribution in [0.4, 0.5) is 4.79 Å². The molecule has 7 rings (SSSR count). The Labute approximate surface area is 467 Å². The predicted octanol–water partition coefficient (Wildman–Crippen LogP) is 8.03. The first-order valence-corrected chi connectivity index (χ1v) is 27.3. The van der Waals surface area contributed by atoms with Crippen LogP contribution in [-0.4, -0.2) is 108 Å². The van der Waals surface area contributed by atoms with E-state index in [9.17, 15) is 38.7 Å². The van der Waals surface area contributed by atoms with Crippen molar-refractivity contribution in [1.29, 1.82) is 0 Å². The SMILES string of the molecule is COc1ccc(C[C@H]2NC(=O)/C=C/C[C@@H]([C@H](C)[C@H]3O[C@@H]3c3ccc(CNC(=O)[C@H](C)NC(=O)[C@H](C(C)C)N(CC4c5ccccc5-c5ccccc54)C(=O)O)cc3)OC(=O)[C@H](CC(C)(C)C)NC(=O)C(C)(C)CNC2=O)cc1Cl. The summed E-state index contributed by atoms with van der Waals surface area (Å²) < 4.78 is 17.8. The summed E-state index contributed by atoms with van der Waals surface area (Å²) in [4.78, 5) is 96.8. The molecule has 6 N–H and O–H groups in total. The number of carbonyl (C=O) groups excluding carboxylic acids is 6. The number of hydrogen-bond donors (Lipinski definition) is 6. The van der Waals surface area contributed by atoms with E-state index in [1.165, 1.54) is 18.1 Å². The third-order valence-corrected chi connectivity index (χ3v) is 15.2. The fourth-order valence-corrected chi connectivity index (χ4v) is 10.7. The van der Waals surface area contributed by atoms with Gasteiger partial charge in [0.25, 0.3) is 0 Å². The Morgan fingerprint density at radius 1 is 0.861 bits per heavy atom. The van der Waals surface area contributed by atoms with Crippen molar-refractivity contribution in [2.45, 2.75) is 137 Å². The molecule has 4 aromatic carbocycles. The lowest BCUT2D eigenvalue weighted by Gasteiger charge is -2.34. The van der Waals surface area contributed by atoms with Crippen LogP contribution in [0.2, 0.25) is 5.02 Å². The Morgan fingerprint density at radius 2 is 1.49 bits per heavy atom. The van der Waals surface area contributed by atoms with Gasteiger partial charge in [-0.05, 0) is 95.7 Å². The molecule has 0 saturated carbocycles. The fourth-order valence-electron chi connectivity index (χ4n) is 10.4. The standard InChI is InChI=1S/C61H75ClN6O11/c1-34(2)51(68(59(75)76)32-44-42-18-13-11-16-40(42)41-17-12-14-19-43(41)44)56(72)65-36(4)54(70)63-31-37-22-25-39(26-23-37)53-52(79-53)35(3)48-20-15-21-50(69)66-46(29-38-24-27-49(77-10)45(62)28-38)55(71)64-33-61(8,9)58(74)67-47(57(73)78-48)30-60(5,6)7/h11-19,21-28,34-36,44,46-48,51-53H,20,29-33H2,1-10H3,(H,63,70)(H,64,71)(H,65,72)(H,66,69)(H,67,74)(H,75,76)/b21-15+/t35-,36-,46+,47-,48-,51-,52+,53+/m0/s1. The number of carbonyl (C=O) groups is 7. The largest absolute Gasteiger partial charge is 0.495 e. The number of nitrogens with one attached hydrogen (secondary N) is 5. The van der Waals surface area contributed by atoms with Crippen LogP contribution in [0, 0.1) is 22.7 Å². The van der Waals surface area contributed by atoms with Gasteiger partial charge in [-0.2, -0.15) is 0 Å². The van der Waals surface area contributed by atoms with E-state index in [-0.39, 0.29) is 50.9 Å². The molecule has 8 atom stereocenters. The average molecular weight is 1100 g/mol. The van der Waals surface area contributed by atoms with Crippen molar-refractivity contribution in [3.63, 3.8) is 0 Å². The van der Waals surface area contributed by atoms with Crippen molar-refractivity contribution in [3.05, 3.63) is 136 Å². The summed E-state index contributed by atoms with van der Waals surface area (Å²) in [6.45, 7) is 16.3. The molecule has 79 heavy (non-hydrogen) atoms. The lowest BCUT2D eigenvalue weighted by Crippen LogP contribution is -2.56. The lowest BCUT2D eigenvalue weighted by molar-refractivity contribution is -0.157. The van der Waals surface area contributed by atoms with Crippen LogP contribution in [-0.2, 0) is 51.2 Å². The number of nitrogens with zero attached hydrogens (tertiary/aromatic N) is 1. The minimum absolute atomic E-state index is 0.0548. The Morgan fingerprint density at radius 3 is 2.09 bits per heavy atom. The van der Waals surface area contributed by atoms with Crippen LogP contribution in [0.5, 0.6) is 5.75 Å². The van der Waals surface area contributed by atoms with Crippen molar-refractivity contribution in [1.82, 2.24) is 31.5 Å². The predicted molar refractivity (Wildman–Crippen MR) is 300 cm³/mol. The van der Waals surface area contributed by atoms with E-state index in [4.69, 9.17) is 25.8 Å². The van der Waals surface area contributed by atoms with E-state index >= 15 is 0 Å². The number of benzene rings is 4. The molecule has 0 aromatic heterocycles. The summed E-state index contributed by atoms with van der Waals surface area (Å²) in [7, 11) is 1.49. The maximum absolute atomic E-state index is 14.2. The van der Waals surface area contributed by atoms with Gasteiger partial charge in [0.2, 0.25) is 29.5 Å². The van der Waals surface area contributed by atoms with Gasteiger partial charge in [0, 0.05) is 44.3 Å². The molecule has 1 fully saturated rings. The van der Waals surface area contributed by atoms with Gasteiger partial charge in [-0.15, -0.1) is 0 Å². The number of epoxide rings is 1. The number of carboxylic acid groups (broad SMARTS) is 1. The zero-order valence-electron chi connectivity index (χ0n) is 46.7. The Balaban J connectivity index is 0.991. The molecule has 2 aliphatic heterocycles. The molecule has 0 spiro atoms. The van der Waals surface area contributed by atoms with Gasteiger partial charge in [0.05, 0.1) is 23.7 Å². The maximum atomic E-state index is 14.2. The molecule has 1 saturated heterocycles.